The van der Waals surface area contributed by atoms with E-state index in [1.807, 2.05) is 13.0 Å². The van der Waals surface area contributed by atoms with Gasteiger partial charge in [0, 0.05) is 24.7 Å². The third-order valence-electron chi connectivity index (χ3n) is 4.72. The predicted octanol–water partition coefficient (Wildman–Crippen LogP) is 2.02. The standard InChI is InChI=1S/C20H22ClN3O5/c1-11-6-13-12(10-28-2)7-17(21)22-16(13)8-15(11)23-18-14(20(27)29-3)9-24(4-5-25)19(18)26/h6-8,23,25H,4-5,9-10H2,1-3H3. The molecule has 0 saturated carbocycles. The number of hydrogen-bond acceptors (Lipinski definition) is 7. The van der Waals surface area contributed by atoms with Gasteiger partial charge in [-0.25, -0.2) is 9.78 Å². The first kappa shape index (κ1) is 21.0. The van der Waals surface area contributed by atoms with E-state index in [0.717, 1.165) is 16.5 Å². The molecular formula is C20H22ClN3O5. The smallest absolute Gasteiger partial charge is 0.337 e. The lowest BCUT2D eigenvalue weighted by atomic mass is 10.0. The Balaban J connectivity index is 2.04. The van der Waals surface area contributed by atoms with Crippen LogP contribution in [0.5, 0.6) is 0 Å². The maximum absolute atomic E-state index is 12.7. The van der Waals surface area contributed by atoms with Gasteiger partial charge in [-0.2, -0.15) is 0 Å². The highest BCUT2D eigenvalue weighted by molar-refractivity contribution is 6.30. The topological polar surface area (TPSA) is 101 Å². The first-order valence-corrected chi connectivity index (χ1v) is 9.34. The maximum Gasteiger partial charge on any atom is 0.337 e. The Morgan fingerprint density at radius 3 is 2.76 bits per heavy atom. The summed E-state index contributed by atoms with van der Waals surface area (Å²) >= 11 is 6.14. The van der Waals surface area contributed by atoms with Gasteiger partial charge in [0.25, 0.3) is 5.91 Å². The minimum atomic E-state index is -0.594. The number of ether oxygens (including phenoxy) is 2. The van der Waals surface area contributed by atoms with Gasteiger partial charge in [-0.15, -0.1) is 0 Å². The van der Waals surface area contributed by atoms with Crippen LogP contribution in [0.3, 0.4) is 0 Å². The van der Waals surface area contributed by atoms with Crippen molar-refractivity contribution in [3.8, 4) is 0 Å². The van der Waals surface area contributed by atoms with E-state index in [2.05, 4.69) is 10.3 Å². The fourth-order valence-electron chi connectivity index (χ4n) is 3.31. The minimum absolute atomic E-state index is 0.0725. The van der Waals surface area contributed by atoms with Gasteiger partial charge in [-0.1, -0.05) is 11.6 Å². The number of aliphatic hydroxyl groups excluding tert-OH is 1. The third kappa shape index (κ3) is 4.19. The van der Waals surface area contributed by atoms with Gasteiger partial charge < -0.3 is 24.8 Å². The van der Waals surface area contributed by atoms with Crippen molar-refractivity contribution in [3.05, 3.63) is 45.7 Å². The molecular weight excluding hydrogens is 398 g/mol. The largest absolute Gasteiger partial charge is 0.466 e. The number of halogens is 1. The molecule has 1 aromatic carbocycles. The summed E-state index contributed by atoms with van der Waals surface area (Å²) in [4.78, 5) is 30.6. The molecule has 2 heterocycles. The van der Waals surface area contributed by atoms with Crippen LogP contribution in [-0.4, -0.2) is 60.8 Å². The second-order valence-corrected chi connectivity index (χ2v) is 7.03. The second kappa shape index (κ2) is 8.77. The predicted molar refractivity (Wildman–Crippen MR) is 109 cm³/mol. The Labute approximate surface area is 173 Å². The van der Waals surface area contributed by atoms with Gasteiger partial charge in [0.05, 0.1) is 38.0 Å². The van der Waals surface area contributed by atoms with E-state index in [9.17, 15) is 14.7 Å². The van der Waals surface area contributed by atoms with Crippen LogP contribution in [0.4, 0.5) is 5.69 Å². The fraction of sp³-hybridized carbons (Fsp3) is 0.350. The Morgan fingerprint density at radius 1 is 1.34 bits per heavy atom. The van der Waals surface area contributed by atoms with Crippen LogP contribution in [0.15, 0.2) is 29.5 Å². The second-order valence-electron chi connectivity index (χ2n) is 6.64. The van der Waals surface area contributed by atoms with Crippen molar-refractivity contribution in [2.75, 3.05) is 39.2 Å². The van der Waals surface area contributed by atoms with Gasteiger partial charge in [0.2, 0.25) is 0 Å². The van der Waals surface area contributed by atoms with Crippen molar-refractivity contribution < 1.29 is 24.2 Å². The zero-order valence-electron chi connectivity index (χ0n) is 16.4. The number of methoxy groups -OCH3 is 2. The number of carbonyl (C=O) groups is 2. The first-order chi connectivity index (χ1) is 13.9. The van der Waals surface area contributed by atoms with E-state index >= 15 is 0 Å². The summed E-state index contributed by atoms with van der Waals surface area (Å²) in [5.41, 5.74) is 3.35. The SMILES string of the molecule is COCc1cc(Cl)nc2cc(NC3=C(C(=O)OC)CN(CCO)C3=O)c(C)cc12. The molecule has 0 radical (unpaired) electrons. The molecule has 0 fully saturated rings. The lowest BCUT2D eigenvalue weighted by Crippen LogP contribution is -2.31. The molecule has 0 atom stereocenters. The number of fused-ring (bicyclic) bond motifs is 1. The van der Waals surface area contributed by atoms with Crippen molar-refractivity contribution in [2.24, 2.45) is 0 Å². The average Bonchev–Trinajstić information content (AvgIpc) is 2.99. The molecule has 3 rings (SSSR count). The monoisotopic (exact) mass is 419 g/mol. The normalized spacial score (nSPS) is 14.1. The lowest BCUT2D eigenvalue weighted by molar-refractivity contribution is -0.136. The van der Waals surface area contributed by atoms with Crippen molar-refractivity contribution in [2.45, 2.75) is 13.5 Å². The highest BCUT2D eigenvalue weighted by Gasteiger charge is 2.34. The number of aliphatic hydroxyl groups is 1. The highest BCUT2D eigenvalue weighted by atomic mass is 35.5. The molecule has 0 spiro atoms. The Bertz CT molecular complexity index is 1010. The summed E-state index contributed by atoms with van der Waals surface area (Å²) in [5.74, 6) is -0.971. The van der Waals surface area contributed by atoms with Crippen molar-refractivity contribution in [3.63, 3.8) is 0 Å². The van der Waals surface area contributed by atoms with Crippen LogP contribution in [0, 0.1) is 6.92 Å². The molecule has 0 saturated heterocycles. The molecule has 9 heteroatoms. The van der Waals surface area contributed by atoms with Crippen LogP contribution in [0.2, 0.25) is 5.15 Å². The van der Waals surface area contributed by atoms with Crippen LogP contribution in [0.25, 0.3) is 10.9 Å². The van der Waals surface area contributed by atoms with Crippen LogP contribution in [0.1, 0.15) is 11.1 Å². The van der Waals surface area contributed by atoms with E-state index in [4.69, 9.17) is 21.1 Å². The highest BCUT2D eigenvalue weighted by Crippen LogP contribution is 2.30. The summed E-state index contributed by atoms with van der Waals surface area (Å²) in [6.45, 7) is 2.27. The summed E-state index contributed by atoms with van der Waals surface area (Å²) in [5, 5.41) is 13.5. The summed E-state index contributed by atoms with van der Waals surface area (Å²) in [7, 11) is 2.87. The van der Waals surface area contributed by atoms with Crippen molar-refractivity contribution in [1.82, 2.24) is 9.88 Å². The van der Waals surface area contributed by atoms with Crippen LogP contribution >= 0.6 is 11.6 Å². The first-order valence-electron chi connectivity index (χ1n) is 8.97. The molecule has 1 aliphatic rings. The molecule has 29 heavy (non-hydrogen) atoms. The number of rotatable bonds is 7. The molecule has 1 amide bonds. The van der Waals surface area contributed by atoms with Gasteiger partial charge in [0.15, 0.2) is 0 Å². The third-order valence-corrected chi connectivity index (χ3v) is 4.92. The van der Waals surface area contributed by atoms with Gasteiger partial charge in [-0.3, -0.25) is 4.79 Å². The number of benzene rings is 1. The van der Waals surface area contributed by atoms with E-state index in [-0.39, 0.29) is 36.9 Å². The molecule has 0 aliphatic carbocycles. The Hall–Kier alpha value is -2.68. The molecule has 2 aromatic rings. The maximum atomic E-state index is 12.7. The number of nitrogens with zero attached hydrogens (tertiary/aromatic N) is 2. The van der Waals surface area contributed by atoms with Gasteiger partial charge >= 0.3 is 5.97 Å². The number of β-amino-alcohol motifs (C(OH)–C–C–N with tert-alkyl or cyclic N) is 1. The average molecular weight is 420 g/mol. The van der Waals surface area contributed by atoms with E-state index in [0.29, 0.717) is 23.0 Å². The zero-order chi connectivity index (χ0) is 21.1. The summed E-state index contributed by atoms with van der Waals surface area (Å²) in [6, 6.07) is 5.46. The van der Waals surface area contributed by atoms with Gasteiger partial charge in [0.1, 0.15) is 10.9 Å². The lowest BCUT2D eigenvalue weighted by Gasteiger charge is -2.16. The van der Waals surface area contributed by atoms with Gasteiger partial charge in [-0.05, 0) is 36.2 Å². The number of pyridine rings is 1. The van der Waals surface area contributed by atoms with Crippen LogP contribution in [-0.2, 0) is 25.7 Å². The molecule has 1 aliphatic heterocycles. The number of hydrogen-bond donors (Lipinski definition) is 2. The minimum Gasteiger partial charge on any atom is -0.466 e. The Kier molecular flexibility index (Phi) is 6.36. The number of aromatic nitrogens is 1. The number of aryl methyl sites for hydroxylation is 1. The van der Waals surface area contributed by atoms with Crippen molar-refractivity contribution in [1.29, 1.82) is 0 Å². The quantitative estimate of drug-likeness (QED) is 0.523. The molecule has 1 aromatic heterocycles. The Morgan fingerprint density at radius 2 is 2.10 bits per heavy atom. The summed E-state index contributed by atoms with van der Waals surface area (Å²) in [6.07, 6.45) is 0. The van der Waals surface area contributed by atoms with E-state index in [1.165, 1.54) is 12.0 Å². The number of nitrogens with one attached hydrogen (secondary N) is 1. The molecule has 0 bridgehead atoms. The molecule has 0 unspecified atom stereocenters. The van der Waals surface area contributed by atoms with E-state index < -0.39 is 5.97 Å². The summed E-state index contributed by atoms with van der Waals surface area (Å²) < 4.78 is 10.1. The fourth-order valence-corrected chi connectivity index (χ4v) is 3.53. The molecule has 154 valence electrons. The number of anilines is 1. The molecule has 8 nitrogen and oxygen atoms in total. The zero-order valence-corrected chi connectivity index (χ0v) is 17.2. The van der Waals surface area contributed by atoms with Crippen molar-refractivity contribution >= 4 is 40.1 Å². The number of esters is 1. The molecule has 2 N–H and O–H groups in total. The van der Waals surface area contributed by atoms with E-state index in [1.54, 1.807) is 19.2 Å². The number of amides is 1. The number of carbonyl (C=O) groups excluding carboxylic acids is 2. The van der Waals surface area contributed by atoms with Crippen LogP contribution < -0.4 is 5.32 Å².